The summed E-state index contributed by atoms with van der Waals surface area (Å²) in [5.74, 6) is 0.454. The van der Waals surface area contributed by atoms with Crippen LogP contribution in [0.15, 0.2) is 0 Å². The average Bonchev–Trinajstić information content (AvgIpc) is 1.84. The van der Waals surface area contributed by atoms with Crippen molar-refractivity contribution in [1.82, 2.24) is 4.90 Å². The smallest absolute Gasteiger partial charge is 0.169 e. The minimum atomic E-state index is -1.03. The molecule has 0 aromatic carbocycles. The normalized spacial score (nSPS) is 17.5. The molecule has 0 aromatic rings. The fourth-order valence-electron chi connectivity index (χ4n) is 0.886. The second kappa shape index (κ2) is 4.94. The summed E-state index contributed by atoms with van der Waals surface area (Å²) in [6, 6.07) is 0. The van der Waals surface area contributed by atoms with Gasteiger partial charge in [-0.2, -0.15) is 0 Å². The molecule has 0 rings (SSSR count). The van der Waals surface area contributed by atoms with Gasteiger partial charge in [-0.3, -0.25) is 4.90 Å². The van der Waals surface area contributed by atoms with Gasteiger partial charge in [0.05, 0.1) is 5.38 Å². The lowest BCUT2D eigenvalue weighted by atomic mass is 10.1. The number of nitrogens with zero attached hydrogens (tertiary/aromatic N) is 1. The molecule has 0 bridgehead atoms. The van der Waals surface area contributed by atoms with E-state index in [1.165, 1.54) is 4.90 Å². The topological polar surface area (TPSA) is 3.24 Å². The maximum absolute atomic E-state index is 13.1. The zero-order valence-electron chi connectivity index (χ0n) is 7.64. The van der Waals surface area contributed by atoms with Crippen LogP contribution >= 0.6 is 11.6 Å². The van der Waals surface area contributed by atoms with Gasteiger partial charge in [0.25, 0.3) is 0 Å². The highest BCUT2D eigenvalue weighted by molar-refractivity contribution is 6.21. The van der Waals surface area contributed by atoms with Crippen molar-refractivity contribution in [3.63, 3.8) is 0 Å². The highest BCUT2D eigenvalue weighted by Gasteiger charge is 2.20. The van der Waals surface area contributed by atoms with E-state index in [1.54, 1.807) is 14.1 Å². The molecule has 0 spiro atoms. The van der Waals surface area contributed by atoms with Crippen molar-refractivity contribution in [2.45, 2.75) is 31.9 Å². The molecule has 0 radical (unpaired) electrons. The standard InChI is InChI=1S/C8H17ClFN/c1-6(2)5-7(9)8(10)11(3)4/h6-8H,5H2,1-4H3/t7-,8?/m1/s1. The summed E-state index contributed by atoms with van der Waals surface area (Å²) in [5.41, 5.74) is 0. The molecule has 0 amide bonds. The summed E-state index contributed by atoms with van der Waals surface area (Å²) in [5, 5.41) is -0.384. The fourth-order valence-corrected chi connectivity index (χ4v) is 1.47. The maximum atomic E-state index is 13.1. The van der Waals surface area contributed by atoms with Crippen molar-refractivity contribution < 1.29 is 4.39 Å². The van der Waals surface area contributed by atoms with Crippen LogP contribution in [0.4, 0.5) is 4.39 Å². The van der Waals surface area contributed by atoms with Gasteiger partial charge in [-0.05, 0) is 26.4 Å². The molecular formula is C8H17ClFN. The van der Waals surface area contributed by atoms with E-state index in [2.05, 4.69) is 0 Å². The molecule has 0 heterocycles. The zero-order valence-corrected chi connectivity index (χ0v) is 8.40. The third-order valence-corrected chi connectivity index (χ3v) is 1.87. The van der Waals surface area contributed by atoms with E-state index in [0.29, 0.717) is 5.92 Å². The van der Waals surface area contributed by atoms with Crippen molar-refractivity contribution in [3.05, 3.63) is 0 Å². The van der Waals surface area contributed by atoms with Gasteiger partial charge in [-0.15, -0.1) is 11.6 Å². The van der Waals surface area contributed by atoms with E-state index in [-0.39, 0.29) is 5.38 Å². The predicted octanol–water partition coefficient (Wildman–Crippen LogP) is 2.50. The molecular weight excluding hydrogens is 165 g/mol. The second-order valence-corrected chi connectivity index (χ2v) is 4.04. The van der Waals surface area contributed by atoms with Gasteiger partial charge in [0.1, 0.15) is 0 Å². The van der Waals surface area contributed by atoms with E-state index >= 15 is 0 Å². The van der Waals surface area contributed by atoms with Crippen LogP contribution < -0.4 is 0 Å². The van der Waals surface area contributed by atoms with Crippen molar-refractivity contribution in [2.75, 3.05) is 14.1 Å². The summed E-state index contributed by atoms with van der Waals surface area (Å²) in [7, 11) is 3.39. The quantitative estimate of drug-likeness (QED) is 0.476. The number of alkyl halides is 2. The van der Waals surface area contributed by atoms with Gasteiger partial charge < -0.3 is 0 Å². The first-order valence-electron chi connectivity index (χ1n) is 3.89. The van der Waals surface area contributed by atoms with Gasteiger partial charge in [0.15, 0.2) is 6.30 Å². The minimum Gasteiger partial charge on any atom is -0.279 e. The molecule has 1 nitrogen and oxygen atoms in total. The summed E-state index contributed by atoms with van der Waals surface area (Å²) in [4.78, 5) is 1.50. The lowest BCUT2D eigenvalue weighted by Crippen LogP contribution is -2.32. The number of rotatable bonds is 4. The fraction of sp³-hybridized carbons (Fsp3) is 1.00. The molecule has 11 heavy (non-hydrogen) atoms. The molecule has 0 fully saturated rings. The van der Waals surface area contributed by atoms with Crippen LogP contribution in [-0.4, -0.2) is 30.7 Å². The number of hydrogen-bond donors (Lipinski definition) is 0. The van der Waals surface area contributed by atoms with Crippen LogP contribution in [0.2, 0.25) is 0 Å². The first-order chi connectivity index (χ1) is 4.95. The Morgan fingerprint density at radius 1 is 1.36 bits per heavy atom. The Morgan fingerprint density at radius 2 is 1.82 bits per heavy atom. The summed E-state index contributed by atoms with van der Waals surface area (Å²) in [6.07, 6.45) is -0.306. The second-order valence-electron chi connectivity index (χ2n) is 3.48. The molecule has 0 aliphatic heterocycles. The van der Waals surface area contributed by atoms with E-state index in [9.17, 15) is 4.39 Å². The molecule has 0 aliphatic carbocycles. The summed E-state index contributed by atoms with van der Waals surface area (Å²) in [6.45, 7) is 4.08. The van der Waals surface area contributed by atoms with Crippen LogP contribution in [0.3, 0.4) is 0 Å². The molecule has 68 valence electrons. The molecule has 3 heteroatoms. The van der Waals surface area contributed by atoms with Crippen molar-refractivity contribution >= 4 is 11.6 Å². The molecule has 0 saturated carbocycles. The monoisotopic (exact) mass is 181 g/mol. The van der Waals surface area contributed by atoms with Crippen LogP contribution in [0.5, 0.6) is 0 Å². The van der Waals surface area contributed by atoms with Gasteiger partial charge in [-0.25, -0.2) is 4.39 Å². The van der Waals surface area contributed by atoms with Gasteiger partial charge in [-0.1, -0.05) is 13.8 Å². The SMILES string of the molecule is CC(C)C[C@@H](Cl)C(F)N(C)C. The molecule has 2 atom stereocenters. The molecule has 0 N–H and O–H groups in total. The van der Waals surface area contributed by atoms with E-state index in [1.807, 2.05) is 13.8 Å². The third kappa shape index (κ3) is 4.59. The zero-order chi connectivity index (χ0) is 9.02. The highest BCUT2D eigenvalue weighted by atomic mass is 35.5. The Kier molecular flexibility index (Phi) is 5.02. The van der Waals surface area contributed by atoms with E-state index < -0.39 is 6.30 Å². The van der Waals surface area contributed by atoms with E-state index in [4.69, 9.17) is 11.6 Å². The average molecular weight is 182 g/mol. The largest absolute Gasteiger partial charge is 0.279 e. The minimum absolute atomic E-state index is 0.384. The van der Waals surface area contributed by atoms with Crippen LogP contribution in [-0.2, 0) is 0 Å². The number of halogens is 2. The van der Waals surface area contributed by atoms with Gasteiger partial charge >= 0.3 is 0 Å². The van der Waals surface area contributed by atoms with Crippen molar-refractivity contribution in [3.8, 4) is 0 Å². The Morgan fingerprint density at radius 3 is 2.09 bits per heavy atom. The lowest BCUT2D eigenvalue weighted by molar-refractivity contribution is 0.125. The van der Waals surface area contributed by atoms with Crippen LogP contribution in [0.1, 0.15) is 20.3 Å². The predicted molar refractivity (Wildman–Crippen MR) is 47.7 cm³/mol. The Labute approximate surface area is 73.5 Å². The molecule has 0 aliphatic rings. The van der Waals surface area contributed by atoms with Gasteiger partial charge in [0.2, 0.25) is 0 Å². The first-order valence-corrected chi connectivity index (χ1v) is 4.33. The van der Waals surface area contributed by atoms with Gasteiger partial charge in [0, 0.05) is 0 Å². The molecule has 1 unspecified atom stereocenters. The Bertz CT molecular complexity index is 106. The first kappa shape index (κ1) is 11.2. The van der Waals surface area contributed by atoms with E-state index in [0.717, 1.165) is 6.42 Å². The Balaban J connectivity index is 3.73. The van der Waals surface area contributed by atoms with Crippen molar-refractivity contribution in [1.29, 1.82) is 0 Å². The third-order valence-electron chi connectivity index (χ3n) is 1.49. The van der Waals surface area contributed by atoms with Crippen molar-refractivity contribution in [2.24, 2.45) is 5.92 Å². The summed E-state index contributed by atoms with van der Waals surface area (Å²) >= 11 is 5.80. The lowest BCUT2D eigenvalue weighted by Gasteiger charge is -2.22. The highest BCUT2D eigenvalue weighted by Crippen LogP contribution is 2.17. The molecule has 0 saturated heterocycles. The maximum Gasteiger partial charge on any atom is 0.169 e. The molecule has 0 aromatic heterocycles. The Hall–Kier alpha value is 0.180. The van der Waals surface area contributed by atoms with Crippen LogP contribution in [0.25, 0.3) is 0 Å². The number of hydrogen-bond acceptors (Lipinski definition) is 1. The summed E-state index contributed by atoms with van der Waals surface area (Å²) < 4.78 is 13.1. The van der Waals surface area contributed by atoms with Crippen LogP contribution in [0, 0.1) is 5.92 Å².